The molecule has 7 heteroatoms. The third-order valence-electron chi connectivity index (χ3n) is 3.44. The number of fused-ring (bicyclic) bond motifs is 1. The predicted molar refractivity (Wildman–Crippen MR) is 78.1 cm³/mol. The van der Waals surface area contributed by atoms with Gasteiger partial charge >= 0.3 is 5.51 Å². The van der Waals surface area contributed by atoms with E-state index >= 15 is 0 Å². The highest BCUT2D eigenvalue weighted by molar-refractivity contribution is 8.00. The molecule has 1 aromatic heterocycles. The fourth-order valence-electron chi connectivity index (χ4n) is 2.27. The smallest absolute Gasteiger partial charge is 0.308 e. The average Bonchev–Trinajstić information content (AvgIpc) is 3.19. The Bertz CT molecular complexity index is 619. The van der Waals surface area contributed by atoms with Crippen molar-refractivity contribution in [3.63, 3.8) is 0 Å². The first-order chi connectivity index (χ1) is 10.0. The van der Waals surface area contributed by atoms with Gasteiger partial charge in [-0.25, -0.2) is 0 Å². The summed E-state index contributed by atoms with van der Waals surface area (Å²) in [6.45, 7) is 0.929. The quantitative estimate of drug-likeness (QED) is 0.884. The van der Waals surface area contributed by atoms with E-state index in [-0.39, 0.29) is 24.1 Å². The number of rotatable bonds is 6. The van der Waals surface area contributed by atoms with Crippen molar-refractivity contribution in [3.8, 4) is 0 Å². The summed E-state index contributed by atoms with van der Waals surface area (Å²) in [4.78, 5) is 0. The van der Waals surface area contributed by atoms with Gasteiger partial charge in [-0.2, -0.15) is 18.3 Å². The lowest BCUT2D eigenvalue weighted by molar-refractivity contribution is -0.0328. The Morgan fingerprint density at radius 3 is 2.76 bits per heavy atom. The molecule has 2 aromatic rings. The van der Waals surface area contributed by atoms with E-state index in [0.717, 1.165) is 16.6 Å². The third-order valence-corrected chi connectivity index (χ3v) is 4.15. The van der Waals surface area contributed by atoms with Gasteiger partial charge in [0.25, 0.3) is 0 Å². The van der Waals surface area contributed by atoms with Gasteiger partial charge in [0.2, 0.25) is 0 Å². The summed E-state index contributed by atoms with van der Waals surface area (Å²) in [5.41, 5.74) is -2.37. The van der Waals surface area contributed by atoms with Crippen LogP contribution in [0.5, 0.6) is 0 Å². The van der Waals surface area contributed by atoms with Crippen LogP contribution in [0.25, 0.3) is 10.9 Å². The summed E-state index contributed by atoms with van der Waals surface area (Å²) in [6.07, 6.45) is 2.39. The van der Waals surface area contributed by atoms with E-state index in [1.54, 1.807) is 4.68 Å². The number of hydrogen-bond donors (Lipinski definition) is 1. The van der Waals surface area contributed by atoms with Gasteiger partial charge in [-0.3, -0.25) is 4.68 Å². The number of hydrogen-bond acceptors (Lipinski definition) is 3. The minimum atomic E-state index is -4.18. The molecule has 0 amide bonds. The second kappa shape index (κ2) is 5.88. The van der Waals surface area contributed by atoms with Crippen LogP contribution in [0, 0.1) is 0 Å². The average molecular weight is 315 g/mol. The molecule has 0 unspecified atom stereocenters. The molecule has 1 aliphatic carbocycles. The molecule has 0 saturated heterocycles. The van der Waals surface area contributed by atoms with Crippen LogP contribution in [0.2, 0.25) is 0 Å². The zero-order valence-corrected chi connectivity index (χ0v) is 12.2. The normalized spacial score (nSPS) is 15.8. The Labute approximate surface area is 124 Å². The van der Waals surface area contributed by atoms with Gasteiger partial charge in [-0.15, -0.1) is 0 Å². The molecule has 21 heavy (non-hydrogen) atoms. The van der Waals surface area contributed by atoms with Crippen molar-refractivity contribution in [1.82, 2.24) is 15.1 Å². The Morgan fingerprint density at radius 2 is 2.05 bits per heavy atom. The van der Waals surface area contributed by atoms with Crippen LogP contribution in [0.1, 0.15) is 18.5 Å². The monoisotopic (exact) mass is 315 g/mol. The van der Waals surface area contributed by atoms with Crippen molar-refractivity contribution < 1.29 is 13.2 Å². The van der Waals surface area contributed by atoms with Crippen LogP contribution in [0.4, 0.5) is 13.2 Å². The molecule has 114 valence electrons. The van der Waals surface area contributed by atoms with Crippen LogP contribution in [0.3, 0.4) is 0 Å². The van der Waals surface area contributed by atoms with Gasteiger partial charge in [-0.05, 0) is 30.7 Å². The second-order valence-corrected chi connectivity index (χ2v) is 6.30. The molecule has 1 heterocycles. The maximum absolute atomic E-state index is 12.2. The van der Waals surface area contributed by atoms with E-state index in [2.05, 4.69) is 10.4 Å². The molecule has 3 rings (SSSR count). The van der Waals surface area contributed by atoms with Crippen LogP contribution in [-0.2, 0) is 13.1 Å². The van der Waals surface area contributed by atoms with Crippen molar-refractivity contribution in [1.29, 1.82) is 0 Å². The first-order valence-corrected chi connectivity index (χ1v) is 7.90. The minimum absolute atomic E-state index is 0.00199. The van der Waals surface area contributed by atoms with E-state index in [4.69, 9.17) is 0 Å². The predicted octanol–water partition coefficient (Wildman–Crippen LogP) is 3.54. The summed E-state index contributed by atoms with van der Waals surface area (Å²) >= 11 is -0.00199. The first kappa shape index (κ1) is 14.7. The summed E-state index contributed by atoms with van der Waals surface area (Å²) in [5, 5.41) is 8.90. The number of para-hydroxylation sites is 1. The molecule has 1 saturated carbocycles. The summed E-state index contributed by atoms with van der Waals surface area (Å²) in [6, 6.07) is 8.27. The van der Waals surface area contributed by atoms with Crippen molar-refractivity contribution >= 4 is 22.7 Å². The Morgan fingerprint density at radius 1 is 1.29 bits per heavy atom. The van der Waals surface area contributed by atoms with Gasteiger partial charge in [-0.1, -0.05) is 18.2 Å². The molecule has 1 aromatic carbocycles. The Kier molecular flexibility index (Phi) is 4.12. The fraction of sp³-hybridized carbons (Fsp3) is 0.500. The maximum Gasteiger partial charge on any atom is 0.441 e. The van der Waals surface area contributed by atoms with E-state index < -0.39 is 5.51 Å². The van der Waals surface area contributed by atoms with Crippen molar-refractivity contribution in [2.75, 3.05) is 5.75 Å². The Hall–Kier alpha value is -1.21. The van der Waals surface area contributed by atoms with Crippen molar-refractivity contribution in [3.05, 3.63) is 30.0 Å². The van der Waals surface area contributed by atoms with E-state index in [0.29, 0.717) is 12.6 Å². The molecule has 1 aliphatic rings. The third kappa shape index (κ3) is 3.91. The number of nitrogens with one attached hydrogen (secondary N) is 1. The highest BCUT2D eigenvalue weighted by Gasteiger charge is 2.27. The van der Waals surface area contributed by atoms with Crippen LogP contribution in [-0.4, -0.2) is 27.1 Å². The SMILES string of the molecule is FC(F)(F)SCCn1nc(CNC2CC2)c2ccccc21. The molecule has 0 bridgehead atoms. The van der Waals surface area contributed by atoms with Crippen LogP contribution < -0.4 is 5.32 Å². The standard InChI is InChI=1S/C14H16F3N3S/c15-14(16,17)21-8-7-20-13-4-2-1-3-11(13)12(19-20)9-18-10-5-6-10/h1-4,10,18H,5-9H2. The van der Waals surface area contributed by atoms with Gasteiger partial charge in [0.1, 0.15) is 0 Å². The number of thioether (sulfide) groups is 1. The van der Waals surface area contributed by atoms with Gasteiger partial charge in [0, 0.05) is 23.7 Å². The lowest BCUT2D eigenvalue weighted by Crippen LogP contribution is -2.16. The fourth-order valence-corrected chi connectivity index (χ4v) is 2.77. The van der Waals surface area contributed by atoms with E-state index in [9.17, 15) is 13.2 Å². The molecule has 1 fully saturated rings. The maximum atomic E-state index is 12.2. The van der Waals surface area contributed by atoms with Gasteiger partial charge in [0.15, 0.2) is 0 Å². The molecule has 0 spiro atoms. The van der Waals surface area contributed by atoms with Crippen molar-refractivity contribution in [2.24, 2.45) is 0 Å². The van der Waals surface area contributed by atoms with Gasteiger partial charge < -0.3 is 5.32 Å². The minimum Gasteiger partial charge on any atom is -0.308 e. The molecular formula is C14H16F3N3S. The number of nitrogens with zero attached hydrogens (tertiary/aromatic N) is 2. The molecule has 0 atom stereocenters. The number of alkyl halides is 3. The highest BCUT2D eigenvalue weighted by atomic mass is 32.2. The topological polar surface area (TPSA) is 29.9 Å². The summed E-state index contributed by atoms with van der Waals surface area (Å²) in [7, 11) is 0. The Balaban J connectivity index is 1.74. The molecule has 0 aliphatic heterocycles. The molecule has 1 N–H and O–H groups in total. The number of aryl methyl sites for hydroxylation is 1. The van der Waals surface area contributed by atoms with Crippen LogP contribution in [0.15, 0.2) is 24.3 Å². The number of aromatic nitrogens is 2. The van der Waals surface area contributed by atoms with Gasteiger partial charge in [0.05, 0.1) is 17.8 Å². The highest BCUT2D eigenvalue weighted by Crippen LogP contribution is 2.30. The number of halogens is 3. The number of benzene rings is 1. The van der Waals surface area contributed by atoms with E-state index in [1.807, 2.05) is 24.3 Å². The second-order valence-electron chi connectivity index (χ2n) is 5.14. The van der Waals surface area contributed by atoms with Crippen LogP contribution >= 0.6 is 11.8 Å². The lowest BCUT2D eigenvalue weighted by atomic mass is 10.2. The summed E-state index contributed by atoms with van der Waals surface area (Å²) in [5.74, 6) is -0.0231. The lowest BCUT2D eigenvalue weighted by Gasteiger charge is -2.06. The summed E-state index contributed by atoms with van der Waals surface area (Å²) < 4.78 is 38.3. The first-order valence-electron chi connectivity index (χ1n) is 6.91. The van der Waals surface area contributed by atoms with Crippen molar-refractivity contribution in [2.45, 2.75) is 37.5 Å². The molecular weight excluding hydrogens is 299 g/mol. The largest absolute Gasteiger partial charge is 0.441 e. The zero-order valence-electron chi connectivity index (χ0n) is 11.4. The zero-order chi connectivity index (χ0) is 14.9. The molecule has 3 nitrogen and oxygen atoms in total. The van der Waals surface area contributed by atoms with E-state index in [1.165, 1.54) is 12.8 Å². The molecule has 0 radical (unpaired) electrons.